The molecule has 6 nitrogen and oxygen atoms in total. The van der Waals surface area contributed by atoms with Crippen LogP contribution in [-0.4, -0.2) is 47.1 Å². The van der Waals surface area contributed by atoms with Crippen LogP contribution in [0.4, 0.5) is 0 Å². The number of esters is 2. The van der Waals surface area contributed by atoms with Gasteiger partial charge in [-0.15, -0.1) is 0 Å². The Hall–Kier alpha value is -1.92. The normalized spacial score (nSPS) is 40.1. The van der Waals surface area contributed by atoms with Crippen LogP contribution in [-0.2, 0) is 19.1 Å². The largest absolute Gasteiger partial charge is 0.461 e. The molecule has 0 bridgehead atoms. The summed E-state index contributed by atoms with van der Waals surface area (Å²) in [5.41, 5.74) is 1.50. The van der Waals surface area contributed by atoms with Crippen molar-refractivity contribution in [3.05, 3.63) is 36.5 Å². The smallest absolute Gasteiger partial charge is 0.336 e. The van der Waals surface area contributed by atoms with Gasteiger partial charge < -0.3 is 19.7 Å². The average Bonchev–Trinajstić information content (AvgIpc) is 3.00. The van der Waals surface area contributed by atoms with E-state index in [0.29, 0.717) is 18.4 Å². The first kappa shape index (κ1) is 17.9. The first-order chi connectivity index (χ1) is 11.8. The minimum atomic E-state index is -0.687. The molecule has 1 aliphatic heterocycles. The van der Waals surface area contributed by atoms with Crippen LogP contribution in [0.15, 0.2) is 36.5 Å². The van der Waals surface area contributed by atoms with Gasteiger partial charge in [-0.1, -0.05) is 32.2 Å². The molecular formula is C19H24O6. The molecule has 3 rings (SSSR count). The number of hydrogen-bond acceptors (Lipinski definition) is 6. The number of rotatable bonds is 3. The van der Waals surface area contributed by atoms with Gasteiger partial charge in [0.2, 0.25) is 0 Å². The summed E-state index contributed by atoms with van der Waals surface area (Å²) in [6.45, 7) is 12.9. The van der Waals surface area contributed by atoms with Gasteiger partial charge in [-0.25, -0.2) is 4.79 Å². The minimum Gasteiger partial charge on any atom is -0.461 e. The van der Waals surface area contributed by atoms with Gasteiger partial charge in [0.1, 0.15) is 12.2 Å². The highest BCUT2D eigenvalue weighted by Gasteiger charge is 2.57. The van der Waals surface area contributed by atoms with Gasteiger partial charge in [0.05, 0.1) is 24.2 Å². The molecule has 0 aromatic carbocycles. The standard InChI is InChI=1S/C19H24O6/c1-8-5-13(21)16-11(4)19(23)25-17(16)15-10(3)14(6-12(8)15)24-18(22)9(2)7-20/h11-17,20-21H,1-3,5-7H2,4H3/t11-,12-,13+,14+,15+,16+,17-/m1/s1. The number of fused-ring (bicyclic) bond motifs is 3. The predicted octanol–water partition coefficient (Wildman–Crippen LogP) is 1.14. The summed E-state index contributed by atoms with van der Waals surface area (Å²) in [5, 5.41) is 19.5. The Labute approximate surface area is 146 Å². The molecule has 0 aromatic rings. The molecule has 0 radical (unpaired) electrons. The van der Waals surface area contributed by atoms with Gasteiger partial charge in [-0.05, 0) is 24.3 Å². The van der Waals surface area contributed by atoms with E-state index in [2.05, 4.69) is 19.7 Å². The molecule has 7 atom stereocenters. The highest BCUT2D eigenvalue weighted by molar-refractivity contribution is 5.88. The van der Waals surface area contributed by atoms with Crippen molar-refractivity contribution in [1.29, 1.82) is 0 Å². The molecule has 1 heterocycles. The highest BCUT2D eigenvalue weighted by atomic mass is 16.6. The average molecular weight is 348 g/mol. The molecule has 0 aromatic heterocycles. The lowest BCUT2D eigenvalue weighted by Gasteiger charge is -2.28. The maximum absolute atomic E-state index is 12.1. The van der Waals surface area contributed by atoms with E-state index in [1.54, 1.807) is 6.92 Å². The quantitative estimate of drug-likeness (QED) is 0.451. The lowest BCUT2D eigenvalue weighted by molar-refractivity contribution is -0.146. The van der Waals surface area contributed by atoms with Crippen LogP contribution in [0, 0.1) is 23.7 Å². The summed E-state index contributed by atoms with van der Waals surface area (Å²) in [6, 6.07) is 0. The SMILES string of the molecule is C=C(CO)C(=O)O[C@H]1C[C@@H]2C(=C)C[C@H](O)[C@H]3[C@H](OC(=O)[C@@H]3C)[C@H]2C1=C. The second-order valence-electron chi connectivity index (χ2n) is 7.30. The number of aliphatic hydroxyl groups excluding tert-OH is 2. The number of ether oxygens (including phenoxy) is 2. The van der Waals surface area contributed by atoms with Crippen LogP contribution in [0.1, 0.15) is 19.8 Å². The van der Waals surface area contributed by atoms with Crippen LogP contribution < -0.4 is 0 Å². The predicted molar refractivity (Wildman–Crippen MR) is 89.1 cm³/mol. The van der Waals surface area contributed by atoms with E-state index in [9.17, 15) is 14.7 Å². The van der Waals surface area contributed by atoms with E-state index >= 15 is 0 Å². The van der Waals surface area contributed by atoms with Crippen molar-refractivity contribution in [3.8, 4) is 0 Å². The molecule has 0 amide bonds. The van der Waals surface area contributed by atoms with Crippen molar-refractivity contribution in [3.63, 3.8) is 0 Å². The van der Waals surface area contributed by atoms with Crippen molar-refractivity contribution in [1.82, 2.24) is 0 Å². The lowest BCUT2D eigenvalue weighted by atomic mass is 9.79. The summed E-state index contributed by atoms with van der Waals surface area (Å²) in [5.74, 6) is -2.00. The number of carbonyl (C=O) groups is 2. The Morgan fingerprint density at radius 2 is 2.08 bits per heavy atom. The number of carbonyl (C=O) groups excluding carboxylic acids is 2. The van der Waals surface area contributed by atoms with Crippen LogP contribution in [0.3, 0.4) is 0 Å². The Balaban J connectivity index is 1.87. The number of aliphatic hydroxyl groups is 2. The zero-order valence-electron chi connectivity index (χ0n) is 14.3. The minimum absolute atomic E-state index is 0.0204. The summed E-state index contributed by atoms with van der Waals surface area (Å²) in [4.78, 5) is 24.0. The van der Waals surface area contributed by atoms with Crippen molar-refractivity contribution >= 4 is 11.9 Å². The van der Waals surface area contributed by atoms with E-state index in [0.717, 1.165) is 5.57 Å². The van der Waals surface area contributed by atoms with Crippen LogP contribution in [0.5, 0.6) is 0 Å². The molecule has 3 aliphatic rings. The third kappa shape index (κ3) is 2.83. The van der Waals surface area contributed by atoms with Gasteiger partial charge in [-0.3, -0.25) is 4.79 Å². The molecule has 2 saturated carbocycles. The highest BCUT2D eigenvalue weighted by Crippen LogP contribution is 2.53. The van der Waals surface area contributed by atoms with Crippen molar-refractivity contribution in [2.75, 3.05) is 6.61 Å². The van der Waals surface area contributed by atoms with E-state index in [4.69, 9.17) is 14.6 Å². The molecule has 2 N–H and O–H groups in total. The van der Waals surface area contributed by atoms with Crippen LogP contribution in [0.25, 0.3) is 0 Å². The van der Waals surface area contributed by atoms with Gasteiger partial charge in [0.25, 0.3) is 0 Å². The zero-order chi connectivity index (χ0) is 18.5. The molecule has 6 heteroatoms. The Bertz CT molecular complexity index is 650. The molecule has 2 aliphatic carbocycles. The van der Waals surface area contributed by atoms with Gasteiger partial charge in [0.15, 0.2) is 0 Å². The fourth-order valence-electron chi connectivity index (χ4n) is 4.45. The maximum Gasteiger partial charge on any atom is 0.336 e. The van der Waals surface area contributed by atoms with Crippen molar-refractivity contribution in [2.45, 2.75) is 38.1 Å². The van der Waals surface area contributed by atoms with Crippen LogP contribution >= 0.6 is 0 Å². The maximum atomic E-state index is 12.1. The van der Waals surface area contributed by atoms with Gasteiger partial charge in [0, 0.05) is 11.8 Å². The third-order valence-corrected chi connectivity index (χ3v) is 5.85. The fraction of sp³-hybridized carbons (Fsp3) is 0.579. The van der Waals surface area contributed by atoms with Crippen LogP contribution in [0.2, 0.25) is 0 Å². The van der Waals surface area contributed by atoms with Crippen molar-refractivity contribution < 1.29 is 29.3 Å². The molecule has 0 unspecified atom stereocenters. The van der Waals surface area contributed by atoms with Gasteiger partial charge in [-0.2, -0.15) is 0 Å². The first-order valence-electron chi connectivity index (χ1n) is 8.50. The fourth-order valence-corrected chi connectivity index (χ4v) is 4.45. The van der Waals surface area contributed by atoms with E-state index in [-0.39, 0.29) is 29.3 Å². The lowest BCUT2D eigenvalue weighted by Crippen LogP contribution is -2.35. The van der Waals surface area contributed by atoms with E-state index in [1.165, 1.54) is 0 Å². The Kier molecular flexibility index (Phi) is 4.60. The van der Waals surface area contributed by atoms with E-state index < -0.39 is 36.8 Å². The summed E-state index contributed by atoms with van der Waals surface area (Å²) >= 11 is 0. The van der Waals surface area contributed by atoms with Gasteiger partial charge >= 0.3 is 11.9 Å². The molecule has 1 saturated heterocycles. The Morgan fingerprint density at radius 3 is 2.72 bits per heavy atom. The van der Waals surface area contributed by atoms with E-state index in [1.807, 2.05) is 0 Å². The second-order valence-corrected chi connectivity index (χ2v) is 7.30. The molecule has 136 valence electrons. The monoisotopic (exact) mass is 348 g/mol. The second kappa shape index (κ2) is 6.42. The molecule has 0 spiro atoms. The molecular weight excluding hydrogens is 324 g/mol. The van der Waals surface area contributed by atoms with Crippen molar-refractivity contribution in [2.24, 2.45) is 23.7 Å². The molecule has 3 fully saturated rings. The summed E-state index contributed by atoms with van der Waals surface area (Å²) < 4.78 is 11.0. The third-order valence-electron chi connectivity index (χ3n) is 5.85. The first-order valence-corrected chi connectivity index (χ1v) is 8.50. The molecule has 25 heavy (non-hydrogen) atoms. The topological polar surface area (TPSA) is 93.1 Å². The summed E-state index contributed by atoms with van der Waals surface area (Å²) in [6.07, 6.45) is -0.852. The number of hydrogen-bond donors (Lipinski definition) is 2. The summed E-state index contributed by atoms with van der Waals surface area (Å²) in [7, 11) is 0. The Morgan fingerprint density at radius 1 is 1.40 bits per heavy atom. The zero-order valence-corrected chi connectivity index (χ0v) is 14.3.